The van der Waals surface area contributed by atoms with Crippen molar-refractivity contribution in [1.29, 1.82) is 0 Å². The molecule has 0 aliphatic heterocycles. The van der Waals surface area contributed by atoms with Crippen LogP contribution in [0.4, 0.5) is 0 Å². The molecule has 1 rings (SSSR count). The SMILES string of the molecule is CCC(Cl)CNCc1ccn(C)n1. The van der Waals surface area contributed by atoms with E-state index in [4.69, 9.17) is 11.6 Å². The van der Waals surface area contributed by atoms with Gasteiger partial charge in [0.25, 0.3) is 0 Å². The van der Waals surface area contributed by atoms with Gasteiger partial charge in [-0.25, -0.2) is 0 Å². The van der Waals surface area contributed by atoms with Gasteiger partial charge in [-0.1, -0.05) is 6.92 Å². The normalized spacial score (nSPS) is 13.2. The topological polar surface area (TPSA) is 29.9 Å². The maximum Gasteiger partial charge on any atom is 0.0762 e. The molecule has 74 valence electrons. The van der Waals surface area contributed by atoms with Crippen molar-refractivity contribution in [3.8, 4) is 0 Å². The summed E-state index contributed by atoms with van der Waals surface area (Å²) in [5.41, 5.74) is 1.06. The summed E-state index contributed by atoms with van der Waals surface area (Å²) in [6.07, 6.45) is 2.94. The molecule has 0 aromatic carbocycles. The molecule has 1 heterocycles. The number of nitrogens with zero attached hydrogens (tertiary/aromatic N) is 2. The summed E-state index contributed by atoms with van der Waals surface area (Å²) in [7, 11) is 1.92. The van der Waals surface area contributed by atoms with Gasteiger partial charge in [-0.2, -0.15) is 5.10 Å². The second-order valence-corrected chi connectivity index (χ2v) is 3.73. The van der Waals surface area contributed by atoms with Crippen molar-refractivity contribution in [1.82, 2.24) is 15.1 Å². The molecule has 1 atom stereocenters. The van der Waals surface area contributed by atoms with Crippen LogP contribution in [0.2, 0.25) is 0 Å². The van der Waals surface area contributed by atoms with Crippen molar-refractivity contribution in [2.24, 2.45) is 7.05 Å². The first-order valence-corrected chi connectivity index (χ1v) is 4.99. The quantitative estimate of drug-likeness (QED) is 0.733. The third kappa shape index (κ3) is 3.79. The Kier molecular flexibility index (Phi) is 4.25. The van der Waals surface area contributed by atoms with Gasteiger partial charge >= 0.3 is 0 Å². The lowest BCUT2D eigenvalue weighted by atomic mass is 10.3. The number of aromatic nitrogens is 2. The Morgan fingerprint density at radius 1 is 1.69 bits per heavy atom. The maximum atomic E-state index is 5.95. The molecule has 0 aliphatic rings. The number of aryl methyl sites for hydroxylation is 1. The Morgan fingerprint density at radius 2 is 2.46 bits per heavy atom. The van der Waals surface area contributed by atoms with E-state index in [0.717, 1.165) is 25.2 Å². The van der Waals surface area contributed by atoms with Gasteiger partial charge in [0.1, 0.15) is 0 Å². The van der Waals surface area contributed by atoms with Crippen molar-refractivity contribution in [2.75, 3.05) is 6.54 Å². The Hall–Kier alpha value is -0.540. The number of nitrogens with one attached hydrogen (secondary N) is 1. The Bertz CT molecular complexity index is 247. The van der Waals surface area contributed by atoms with E-state index < -0.39 is 0 Å². The lowest BCUT2D eigenvalue weighted by Crippen LogP contribution is -2.22. The molecule has 13 heavy (non-hydrogen) atoms. The van der Waals surface area contributed by atoms with Crippen LogP contribution in [0.3, 0.4) is 0 Å². The van der Waals surface area contributed by atoms with Crippen LogP contribution in [0.25, 0.3) is 0 Å². The van der Waals surface area contributed by atoms with Gasteiger partial charge in [0.05, 0.1) is 5.69 Å². The molecule has 0 spiro atoms. The Labute approximate surface area is 84.1 Å². The summed E-state index contributed by atoms with van der Waals surface area (Å²) in [4.78, 5) is 0. The highest BCUT2D eigenvalue weighted by molar-refractivity contribution is 6.20. The molecule has 0 aliphatic carbocycles. The summed E-state index contributed by atoms with van der Waals surface area (Å²) < 4.78 is 1.80. The molecular formula is C9H16ClN3. The molecular weight excluding hydrogens is 186 g/mol. The lowest BCUT2D eigenvalue weighted by molar-refractivity contribution is 0.627. The van der Waals surface area contributed by atoms with Crippen LogP contribution in [0.1, 0.15) is 19.0 Å². The fourth-order valence-electron chi connectivity index (χ4n) is 1.06. The van der Waals surface area contributed by atoms with Crippen LogP contribution in [-0.4, -0.2) is 21.7 Å². The highest BCUT2D eigenvalue weighted by Crippen LogP contribution is 1.99. The minimum absolute atomic E-state index is 0.226. The zero-order chi connectivity index (χ0) is 9.68. The van der Waals surface area contributed by atoms with E-state index in [0.29, 0.717) is 0 Å². The standard InChI is InChI=1S/C9H16ClN3/c1-3-8(10)6-11-7-9-4-5-13(2)12-9/h4-5,8,11H,3,6-7H2,1-2H3. The van der Waals surface area contributed by atoms with Crippen molar-refractivity contribution < 1.29 is 0 Å². The minimum atomic E-state index is 0.226. The molecule has 0 bridgehead atoms. The molecule has 3 nitrogen and oxygen atoms in total. The van der Waals surface area contributed by atoms with E-state index in [9.17, 15) is 0 Å². The van der Waals surface area contributed by atoms with Crippen LogP contribution in [-0.2, 0) is 13.6 Å². The highest BCUT2D eigenvalue weighted by atomic mass is 35.5. The third-order valence-electron chi connectivity index (χ3n) is 1.88. The average molecular weight is 202 g/mol. The fourth-order valence-corrected chi connectivity index (χ4v) is 1.17. The molecule has 1 aromatic heterocycles. The minimum Gasteiger partial charge on any atom is -0.310 e. The van der Waals surface area contributed by atoms with Crippen molar-refractivity contribution in [2.45, 2.75) is 25.3 Å². The van der Waals surface area contributed by atoms with E-state index in [1.54, 1.807) is 4.68 Å². The predicted octanol–water partition coefficient (Wildman–Crippen LogP) is 1.53. The van der Waals surface area contributed by atoms with E-state index in [-0.39, 0.29) is 5.38 Å². The largest absolute Gasteiger partial charge is 0.310 e. The smallest absolute Gasteiger partial charge is 0.0762 e. The first-order chi connectivity index (χ1) is 6.22. The number of alkyl halides is 1. The molecule has 1 N–H and O–H groups in total. The molecule has 0 saturated carbocycles. The van der Waals surface area contributed by atoms with Gasteiger partial charge in [0, 0.05) is 31.7 Å². The zero-order valence-corrected chi connectivity index (χ0v) is 8.88. The first-order valence-electron chi connectivity index (χ1n) is 4.55. The van der Waals surface area contributed by atoms with Gasteiger partial charge in [0.2, 0.25) is 0 Å². The first kappa shape index (κ1) is 10.5. The summed E-state index contributed by atoms with van der Waals surface area (Å²) in [5.74, 6) is 0. The van der Waals surface area contributed by atoms with Crippen molar-refractivity contribution in [3.05, 3.63) is 18.0 Å². The Balaban J connectivity index is 2.20. The summed E-state index contributed by atoms with van der Waals surface area (Å²) in [6, 6.07) is 2.00. The monoisotopic (exact) mass is 201 g/mol. The Morgan fingerprint density at radius 3 is 3.00 bits per heavy atom. The van der Waals surface area contributed by atoms with Gasteiger partial charge in [0.15, 0.2) is 0 Å². The van der Waals surface area contributed by atoms with Crippen LogP contribution < -0.4 is 5.32 Å². The van der Waals surface area contributed by atoms with E-state index >= 15 is 0 Å². The van der Waals surface area contributed by atoms with Crippen LogP contribution in [0, 0.1) is 0 Å². The van der Waals surface area contributed by atoms with Crippen molar-refractivity contribution in [3.63, 3.8) is 0 Å². The molecule has 0 amide bonds. The van der Waals surface area contributed by atoms with Crippen LogP contribution in [0.5, 0.6) is 0 Å². The van der Waals surface area contributed by atoms with Crippen molar-refractivity contribution >= 4 is 11.6 Å². The lowest BCUT2D eigenvalue weighted by Gasteiger charge is -2.06. The second-order valence-electron chi connectivity index (χ2n) is 3.12. The van der Waals surface area contributed by atoms with Gasteiger partial charge in [-0.05, 0) is 12.5 Å². The average Bonchev–Trinajstić information content (AvgIpc) is 2.51. The van der Waals surface area contributed by atoms with Gasteiger partial charge in [-0.15, -0.1) is 11.6 Å². The third-order valence-corrected chi connectivity index (χ3v) is 2.35. The van der Waals surface area contributed by atoms with Crippen LogP contribution in [0.15, 0.2) is 12.3 Å². The summed E-state index contributed by atoms with van der Waals surface area (Å²) in [6.45, 7) is 3.72. The number of rotatable bonds is 5. The number of halogens is 1. The summed E-state index contributed by atoms with van der Waals surface area (Å²) >= 11 is 5.95. The highest BCUT2D eigenvalue weighted by Gasteiger charge is 2.01. The van der Waals surface area contributed by atoms with Crippen LogP contribution >= 0.6 is 11.6 Å². The second kappa shape index (κ2) is 5.25. The summed E-state index contributed by atoms with van der Waals surface area (Å²) in [5, 5.41) is 7.73. The van der Waals surface area contributed by atoms with Gasteiger partial charge in [-0.3, -0.25) is 4.68 Å². The molecule has 1 unspecified atom stereocenters. The maximum absolute atomic E-state index is 5.95. The zero-order valence-electron chi connectivity index (χ0n) is 8.13. The number of hydrogen-bond donors (Lipinski definition) is 1. The molecule has 1 aromatic rings. The molecule has 0 fully saturated rings. The van der Waals surface area contributed by atoms with Gasteiger partial charge < -0.3 is 5.32 Å². The van der Waals surface area contributed by atoms with E-state index in [2.05, 4.69) is 17.3 Å². The molecule has 0 saturated heterocycles. The molecule has 0 radical (unpaired) electrons. The van der Waals surface area contributed by atoms with E-state index in [1.807, 2.05) is 19.3 Å². The number of hydrogen-bond acceptors (Lipinski definition) is 2. The molecule has 4 heteroatoms. The predicted molar refractivity (Wildman–Crippen MR) is 54.8 cm³/mol. The van der Waals surface area contributed by atoms with E-state index in [1.165, 1.54) is 0 Å². The fraction of sp³-hybridized carbons (Fsp3) is 0.667.